The van der Waals surface area contributed by atoms with Gasteiger partial charge in [-0.1, -0.05) is 23.2 Å². The van der Waals surface area contributed by atoms with Crippen LogP contribution in [0.3, 0.4) is 0 Å². The average molecular weight is 290 g/mol. The Kier molecular flexibility index (Phi) is 6.65. The maximum atomic E-state index is 12.0. The summed E-state index contributed by atoms with van der Waals surface area (Å²) in [6, 6.07) is 4.90. The number of ketones is 1. The van der Waals surface area contributed by atoms with Gasteiger partial charge >= 0.3 is 0 Å². The van der Waals surface area contributed by atoms with E-state index in [0.29, 0.717) is 41.9 Å². The van der Waals surface area contributed by atoms with E-state index in [1.165, 1.54) is 0 Å². The summed E-state index contributed by atoms with van der Waals surface area (Å²) in [5.41, 5.74) is 0.504. The third kappa shape index (κ3) is 4.94. The van der Waals surface area contributed by atoms with E-state index in [4.69, 9.17) is 27.9 Å². The maximum Gasteiger partial charge on any atom is 0.178 e. The van der Waals surface area contributed by atoms with Gasteiger partial charge in [0, 0.05) is 23.7 Å². The topological polar surface area (TPSA) is 29.5 Å². The Morgan fingerprint density at radius 1 is 1.39 bits per heavy atom. The Morgan fingerprint density at radius 2 is 2.11 bits per heavy atom. The second kappa shape index (κ2) is 7.74. The summed E-state index contributed by atoms with van der Waals surface area (Å²) >= 11 is 11.8. The van der Waals surface area contributed by atoms with Gasteiger partial charge in [0.25, 0.3) is 0 Å². The van der Waals surface area contributed by atoms with E-state index >= 15 is 0 Å². The largest absolute Gasteiger partial charge is 0.380 e. The van der Waals surface area contributed by atoms with Gasteiger partial charge in [-0.05, 0) is 32.2 Å². The number of nitrogens with zero attached hydrogens (tertiary/aromatic N) is 1. The highest BCUT2D eigenvalue weighted by Crippen LogP contribution is 2.21. The minimum atomic E-state index is -0.0179. The number of benzene rings is 1. The zero-order valence-corrected chi connectivity index (χ0v) is 12.1. The number of likely N-dealkylation sites (N-methyl/N-ethyl adjacent to an activating group) is 1. The summed E-state index contributed by atoms with van der Waals surface area (Å²) in [6.07, 6.45) is 0. The van der Waals surface area contributed by atoms with Crippen LogP contribution in [0.4, 0.5) is 0 Å². The average Bonchev–Trinajstić information content (AvgIpc) is 2.28. The zero-order chi connectivity index (χ0) is 13.5. The first-order valence-corrected chi connectivity index (χ1v) is 6.54. The van der Waals surface area contributed by atoms with Crippen molar-refractivity contribution in [2.24, 2.45) is 0 Å². The number of ether oxygens (including phenoxy) is 1. The Balaban J connectivity index is 2.54. The van der Waals surface area contributed by atoms with Gasteiger partial charge < -0.3 is 4.74 Å². The van der Waals surface area contributed by atoms with Crippen molar-refractivity contribution in [3.8, 4) is 0 Å². The molecule has 1 aromatic rings. The Morgan fingerprint density at radius 3 is 2.72 bits per heavy atom. The van der Waals surface area contributed by atoms with E-state index in [-0.39, 0.29) is 5.78 Å². The van der Waals surface area contributed by atoms with Crippen molar-refractivity contribution in [3.63, 3.8) is 0 Å². The van der Waals surface area contributed by atoms with Crippen molar-refractivity contribution < 1.29 is 9.53 Å². The fraction of sp³-hybridized carbons (Fsp3) is 0.462. The number of carbonyl (C=O) groups is 1. The van der Waals surface area contributed by atoms with Gasteiger partial charge in [0.05, 0.1) is 18.2 Å². The predicted molar refractivity (Wildman–Crippen MR) is 74.8 cm³/mol. The first-order valence-electron chi connectivity index (χ1n) is 5.79. The van der Waals surface area contributed by atoms with Gasteiger partial charge in [0.15, 0.2) is 5.78 Å². The molecule has 0 amide bonds. The van der Waals surface area contributed by atoms with E-state index in [1.54, 1.807) is 18.2 Å². The number of hydrogen-bond donors (Lipinski definition) is 0. The molecular weight excluding hydrogens is 273 g/mol. The number of Topliss-reactive ketones (excluding diaryl/α,β-unsaturated/α-hetero) is 1. The summed E-state index contributed by atoms with van der Waals surface area (Å²) in [4.78, 5) is 13.9. The van der Waals surface area contributed by atoms with Gasteiger partial charge in [-0.2, -0.15) is 0 Å². The van der Waals surface area contributed by atoms with Crippen LogP contribution < -0.4 is 0 Å². The molecule has 100 valence electrons. The third-order valence-corrected chi connectivity index (χ3v) is 3.01. The van der Waals surface area contributed by atoms with Crippen molar-refractivity contribution >= 4 is 29.0 Å². The molecule has 0 spiro atoms. The van der Waals surface area contributed by atoms with Crippen LogP contribution in [0.5, 0.6) is 0 Å². The molecule has 18 heavy (non-hydrogen) atoms. The molecule has 0 unspecified atom stereocenters. The van der Waals surface area contributed by atoms with E-state index in [9.17, 15) is 4.79 Å². The summed E-state index contributed by atoms with van der Waals surface area (Å²) < 4.78 is 5.23. The first kappa shape index (κ1) is 15.4. The lowest BCUT2D eigenvalue weighted by Crippen LogP contribution is -2.29. The summed E-state index contributed by atoms with van der Waals surface area (Å²) in [7, 11) is 1.88. The SMILES string of the molecule is CCOCCN(C)CC(=O)c1ccc(Cl)cc1Cl. The van der Waals surface area contributed by atoms with Gasteiger partial charge in [-0.15, -0.1) is 0 Å². The molecule has 5 heteroatoms. The van der Waals surface area contributed by atoms with Crippen LogP contribution >= 0.6 is 23.2 Å². The second-order valence-corrected chi connectivity index (χ2v) is 4.83. The van der Waals surface area contributed by atoms with Crippen LogP contribution in [-0.4, -0.2) is 44.0 Å². The fourth-order valence-electron chi connectivity index (χ4n) is 1.49. The number of carbonyl (C=O) groups excluding carboxylic acids is 1. The molecule has 0 radical (unpaired) electrons. The molecule has 0 bridgehead atoms. The van der Waals surface area contributed by atoms with Crippen LogP contribution in [0, 0.1) is 0 Å². The van der Waals surface area contributed by atoms with E-state index in [1.807, 2.05) is 18.9 Å². The molecule has 0 aromatic heterocycles. The highest BCUT2D eigenvalue weighted by atomic mass is 35.5. The van der Waals surface area contributed by atoms with Gasteiger partial charge in [-0.3, -0.25) is 9.69 Å². The van der Waals surface area contributed by atoms with Gasteiger partial charge in [0.1, 0.15) is 0 Å². The zero-order valence-electron chi connectivity index (χ0n) is 10.6. The molecule has 0 heterocycles. The van der Waals surface area contributed by atoms with Crippen molar-refractivity contribution in [2.45, 2.75) is 6.92 Å². The Hall–Kier alpha value is -0.610. The minimum absolute atomic E-state index is 0.0179. The Labute approximate surface area is 118 Å². The van der Waals surface area contributed by atoms with Gasteiger partial charge in [-0.25, -0.2) is 0 Å². The van der Waals surface area contributed by atoms with E-state index < -0.39 is 0 Å². The first-order chi connectivity index (χ1) is 8.54. The predicted octanol–water partition coefficient (Wildman–Crippen LogP) is 3.14. The molecular formula is C13H17Cl2NO2. The lowest BCUT2D eigenvalue weighted by molar-refractivity contribution is 0.0897. The van der Waals surface area contributed by atoms with Crippen LogP contribution in [0.15, 0.2) is 18.2 Å². The monoisotopic (exact) mass is 289 g/mol. The summed E-state index contributed by atoms with van der Waals surface area (Å²) in [6.45, 7) is 4.28. The lowest BCUT2D eigenvalue weighted by atomic mass is 10.1. The lowest BCUT2D eigenvalue weighted by Gasteiger charge is -2.15. The molecule has 0 fully saturated rings. The minimum Gasteiger partial charge on any atom is -0.380 e. The normalized spacial score (nSPS) is 10.9. The molecule has 0 aliphatic heterocycles. The van der Waals surface area contributed by atoms with Gasteiger partial charge in [0.2, 0.25) is 0 Å². The van der Waals surface area contributed by atoms with Crippen molar-refractivity contribution in [3.05, 3.63) is 33.8 Å². The standard InChI is InChI=1S/C13H17Cl2NO2/c1-3-18-7-6-16(2)9-13(17)11-5-4-10(14)8-12(11)15/h4-5,8H,3,6-7,9H2,1-2H3. The quantitative estimate of drug-likeness (QED) is 0.570. The molecule has 0 aliphatic carbocycles. The molecule has 1 aromatic carbocycles. The second-order valence-electron chi connectivity index (χ2n) is 3.98. The highest BCUT2D eigenvalue weighted by molar-refractivity contribution is 6.36. The third-order valence-electron chi connectivity index (χ3n) is 2.47. The molecule has 0 atom stereocenters. The highest BCUT2D eigenvalue weighted by Gasteiger charge is 2.12. The Bertz CT molecular complexity index is 410. The number of hydrogen-bond acceptors (Lipinski definition) is 3. The van der Waals surface area contributed by atoms with Crippen molar-refractivity contribution in [1.82, 2.24) is 4.90 Å². The van der Waals surface area contributed by atoms with Crippen molar-refractivity contribution in [1.29, 1.82) is 0 Å². The number of rotatable bonds is 7. The van der Waals surface area contributed by atoms with Crippen LogP contribution in [0.2, 0.25) is 10.0 Å². The maximum absolute atomic E-state index is 12.0. The number of halogens is 2. The molecule has 0 N–H and O–H groups in total. The summed E-state index contributed by atoms with van der Waals surface area (Å²) in [5, 5.41) is 0.923. The van der Waals surface area contributed by atoms with E-state index in [0.717, 1.165) is 0 Å². The smallest absolute Gasteiger partial charge is 0.178 e. The fourth-order valence-corrected chi connectivity index (χ4v) is 2.00. The van der Waals surface area contributed by atoms with Crippen LogP contribution in [0.25, 0.3) is 0 Å². The van der Waals surface area contributed by atoms with Crippen LogP contribution in [-0.2, 0) is 4.74 Å². The molecule has 0 aliphatic rings. The van der Waals surface area contributed by atoms with Crippen LogP contribution in [0.1, 0.15) is 17.3 Å². The molecule has 3 nitrogen and oxygen atoms in total. The van der Waals surface area contributed by atoms with E-state index in [2.05, 4.69) is 0 Å². The summed E-state index contributed by atoms with van der Waals surface area (Å²) in [5.74, 6) is -0.0179. The molecule has 1 rings (SSSR count). The molecule has 0 saturated heterocycles. The molecule has 0 saturated carbocycles. The van der Waals surface area contributed by atoms with Crippen molar-refractivity contribution in [2.75, 3.05) is 33.4 Å².